The summed E-state index contributed by atoms with van der Waals surface area (Å²) in [5.41, 5.74) is 18.7. The molecule has 0 aromatic rings. The first kappa shape index (κ1) is 19.1. The van der Waals surface area contributed by atoms with Gasteiger partial charge in [-0.2, -0.15) is 0 Å². The molecule has 0 heterocycles. The lowest BCUT2D eigenvalue weighted by Gasteiger charge is -2.07. The number of amides is 2. The van der Waals surface area contributed by atoms with Crippen LogP contribution >= 0.6 is 0 Å². The number of hydrogen-bond acceptors (Lipinski definition) is 6. The molecule has 0 saturated heterocycles. The fraction of sp³-hybridized carbons (Fsp3) is 0.500. The molecule has 11 heteroatoms. The maximum Gasteiger partial charge on any atom is 0.324 e. The van der Waals surface area contributed by atoms with Crippen molar-refractivity contribution < 1.29 is 33.8 Å². The smallest absolute Gasteiger partial charge is 0.324 e. The molecule has 0 spiro atoms. The second-order valence-electron chi connectivity index (χ2n) is 3.28. The van der Waals surface area contributed by atoms with Crippen LogP contribution in [0.15, 0.2) is 0 Å². The van der Waals surface area contributed by atoms with Gasteiger partial charge in [-0.3, -0.25) is 19.2 Å². The van der Waals surface area contributed by atoms with Crippen molar-refractivity contribution in [2.24, 2.45) is 22.9 Å². The van der Waals surface area contributed by atoms with Crippen molar-refractivity contribution >= 4 is 23.8 Å². The lowest BCUT2D eigenvalue weighted by atomic mass is 10.2. The SMILES string of the molecule is NC(=O)C(F)C(N)C(=O)O.NC(=O)CC(N)C(=O)O. The second-order valence-corrected chi connectivity index (χ2v) is 3.28. The van der Waals surface area contributed by atoms with Crippen LogP contribution in [-0.4, -0.2) is 52.2 Å². The Morgan fingerprint density at radius 1 is 1.00 bits per heavy atom. The lowest BCUT2D eigenvalue weighted by molar-refractivity contribution is -0.143. The average Bonchev–Trinajstić information content (AvgIpc) is 2.26. The standard InChI is InChI=1S/C4H7FN2O3.C4H8N2O3/c5-1(3(7)8)2(6)4(9)10;5-2(4(8)9)1-3(6)7/h1-2H,6H2,(H2,7,8)(H,9,10);2H,1,5H2,(H2,6,7)(H,8,9). The van der Waals surface area contributed by atoms with Gasteiger partial charge in [0.05, 0.1) is 6.42 Å². The summed E-state index contributed by atoms with van der Waals surface area (Å²) in [6.45, 7) is 0. The van der Waals surface area contributed by atoms with Crippen LogP contribution in [0.2, 0.25) is 0 Å². The van der Waals surface area contributed by atoms with Gasteiger partial charge in [-0.05, 0) is 0 Å². The number of aliphatic carboxylic acids is 2. The highest BCUT2D eigenvalue weighted by atomic mass is 19.1. The zero-order valence-electron chi connectivity index (χ0n) is 9.65. The van der Waals surface area contributed by atoms with Gasteiger partial charge in [0, 0.05) is 0 Å². The lowest BCUT2D eigenvalue weighted by Crippen LogP contribution is -2.46. The molecular weight excluding hydrogens is 267 g/mol. The van der Waals surface area contributed by atoms with Crippen molar-refractivity contribution in [2.75, 3.05) is 0 Å². The van der Waals surface area contributed by atoms with Crippen LogP contribution in [0.5, 0.6) is 0 Å². The number of hydrogen-bond donors (Lipinski definition) is 6. The van der Waals surface area contributed by atoms with Gasteiger partial charge in [0.15, 0.2) is 0 Å². The van der Waals surface area contributed by atoms with E-state index in [0.29, 0.717) is 0 Å². The van der Waals surface area contributed by atoms with Gasteiger partial charge in [-0.1, -0.05) is 0 Å². The molecule has 19 heavy (non-hydrogen) atoms. The number of primary amides is 2. The molecule has 0 aliphatic carbocycles. The monoisotopic (exact) mass is 282 g/mol. The molecule has 0 rings (SSSR count). The van der Waals surface area contributed by atoms with E-state index < -0.39 is 42.0 Å². The molecule has 0 saturated carbocycles. The van der Waals surface area contributed by atoms with E-state index in [1.807, 2.05) is 0 Å². The van der Waals surface area contributed by atoms with Crippen LogP contribution in [0.1, 0.15) is 6.42 Å². The molecular formula is C8H15FN4O6. The highest BCUT2D eigenvalue weighted by molar-refractivity contribution is 5.87. The van der Waals surface area contributed by atoms with Gasteiger partial charge in [0.1, 0.15) is 12.1 Å². The maximum absolute atomic E-state index is 12.2. The summed E-state index contributed by atoms with van der Waals surface area (Å²) in [6.07, 6.45) is -2.63. The van der Waals surface area contributed by atoms with E-state index in [1.54, 1.807) is 0 Å². The molecule has 0 bridgehead atoms. The third-order valence-corrected chi connectivity index (χ3v) is 1.61. The minimum atomic E-state index is -2.32. The van der Waals surface area contributed by atoms with E-state index in [0.717, 1.165) is 0 Å². The third kappa shape index (κ3) is 9.43. The summed E-state index contributed by atoms with van der Waals surface area (Å²) < 4.78 is 12.2. The summed E-state index contributed by atoms with van der Waals surface area (Å²) in [4.78, 5) is 39.7. The molecule has 10 nitrogen and oxygen atoms in total. The Morgan fingerprint density at radius 2 is 1.42 bits per heavy atom. The first-order valence-electron chi connectivity index (χ1n) is 4.69. The Balaban J connectivity index is 0. The topological polar surface area (TPSA) is 213 Å². The van der Waals surface area contributed by atoms with E-state index >= 15 is 0 Å². The number of alkyl halides is 1. The first-order valence-corrected chi connectivity index (χ1v) is 4.69. The zero-order chi connectivity index (χ0) is 15.7. The van der Waals surface area contributed by atoms with Crippen molar-refractivity contribution in [1.29, 1.82) is 0 Å². The number of carbonyl (C=O) groups excluding carboxylic acids is 2. The first-order chi connectivity index (χ1) is 8.50. The van der Waals surface area contributed by atoms with Crippen LogP contribution < -0.4 is 22.9 Å². The van der Waals surface area contributed by atoms with Gasteiger partial charge in [-0.25, -0.2) is 4.39 Å². The Bertz CT molecular complexity index is 345. The average molecular weight is 282 g/mol. The summed E-state index contributed by atoms with van der Waals surface area (Å²) in [5, 5.41) is 16.1. The number of nitrogens with two attached hydrogens (primary N) is 4. The van der Waals surface area contributed by atoms with Crippen molar-refractivity contribution in [1.82, 2.24) is 0 Å². The number of halogens is 1. The molecule has 110 valence electrons. The summed E-state index contributed by atoms with van der Waals surface area (Å²) in [7, 11) is 0. The zero-order valence-corrected chi connectivity index (χ0v) is 9.65. The van der Waals surface area contributed by atoms with Gasteiger partial charge in [0.25, 0.3) is 5.91 Å². The largest absolute Gasteiger partial charge is 0.480 e. The molecule has 0 aliphatic rings. The molecule has 2 amide bonds. The van der Waals surface area contributed by atoms with Crippen LogP contribution in [0.25, 0.3) is 0 Å². The van der Waals surface area contributed by atoms with E-state index in [4.69, 9.17) is 15.9 Å². The number of carboxylic acids is 2. The van der Waals surface area contributed by atoms with E-state index in [-0.39, 0.29) is 6.42 Å². The van der Waals surface area contributed by atoms with Crippen LogP contribution in [0.4, 0.5) is 4.39 Å². The molecule has 0 aromatic carbocycles. The quantitative estimate of drug-likeness (QED) is 0.286. The summed E-state index contributed by atoms with van der Waals surface area (Å²) >= 11 is 0. The van der Waals surface area contributed by atoms with Gasteiger partial charge >= 0.3 is 11.9 Å². The van der Waals surface area contributed by atoms with Crippen molar-refractivity contribution in [2.45, 2.75) is 24.7 Å². The Kier molecular flexibility index (Phi) is 8.80. The Labute approximate surface area is 106 Å². The summed E-state index contributed by atoms with van der Waals surface area (Å²) in [5.74, 6) is -4.88. The maximum atomic E-state index is 12.2. The van der Waals surface area contributed by atoms with Crippen molar-refractivity contribution in [3.8, 4) is 0 Å². The predicted molar refractivity (Wildman–Crippen MR) is 59.1 cm³/mol. The van der Waals surface area contributed by atoms with Crippen LogP contribution in [0, 0.1) is 0 Å². The molecule has 0 radical (unpaired) electrons. The van der Waals surface area contributed by atoms with Crippen molar-refractivity contribution in [3.63, 3.8) is 0 Å². The third-order valence-electron chi connectivity index (χ3n) is 1.61. The number of carbonyl (C=O) groups is 4. The van der Waals surface area contributed by atoms with Gasteiger partial charge in [-0.15, -0.1) is 0 Å². The highest BCUT2D eigenvalue weighted by Crippen LogP contribution is 1.94. The minimum absolute atomic E-state index is 0.310. The normalized spacial score (nSPS) is 14.3. The molecule has 0 aromatic heterocycles. The second kappa shape index (κ2) is 8.77. The fourth-order valence-electron chi connectivity index (χ4n) is 0.606. The summed E-state index contributed by atoms with van der Waals surface area (Å²) in [6, 6.07) is -3.03. The van der Waals surface area contributed by atoms with Crippen LogP contribution in [-0.2, 0) is 19.2 Å². The molecule has 3 unspecified atom stereocenters. The van der Waals surface area contributed by atoms with E-state index in [1.165, 1.54) is 0 Å². The van der Waals surface area contributed by atoms with Gasteiger partial charge < -0.3 is 33.1 Å². The molecule has 0 aliphatic heterocycles. The molecule has 10 N–H and O–H groups in total. The molecule has 3 atom stereocenters. The minimum Gasteiger partial charge on any atom is -0.480 e. The Hall–Kier alpha value is -2.27. The predicted octanol–water partition coefficient (Wildman–Crippen LogP) is -3.50. The van der Waals surface area contributed by atoms with Crippen molar-refractivity contribution in [3.05, 3.63) is 0 Å². The number of rotatable bonds is 6. The highest BCUT2D eigenvalue weighted by Gasteiger charge is 2.28. The number of carboxylic acid groups (broad SMARTS) is 2. The fourth-order valence-corrected chi connectivity index (χ4v) is 0.606. The van der Waals surface area contributed by atoms with E-state index in [2.05, 4.69) is 17.2 Å². The molecule has 0 fully saturated rings. The Morgan fingerprint density at radius 3 is 1.53 bits per heavy atom. The van der Waals surface area contributed by atoms with E-state index in [9.17, 15) is 23.6 Å². The van der Waals surface area contributed by atoms with Crippen LogP contribution in [0.3, 0.4) is 0 Å². The van der Waals surface area contributed by atoms with Gasteiger partial charge in [0.2, 0.25) is 12.1 Å².